The van der Waals surface area contributed by atoms with Gasteiger partial charge in [-0.3, -0.25) is 9.69 Å². The Morgan fingerprint density at radius 2 is 2.06 bits per heavy atom. The molecule has 1 saturated heterocycles. The van der Waals surface area contributed by atoms with E-state index in [4.69, 9.17) is 12.2 Å². The molecule has 1 aromatic carbocycles. The van der Waals surface area contributed by atoms with E-state index < -0.39 is 0 Å². The molecule has 0 aromatic heterocycles. The first-order valence-corrected chi connectivity index (χ1v) is 6.68. The fraction of sp³-hybridized carbons (Fsp3) is 0.333. The second-order valence-electron chi connectivity index (χ2n) is 3.69. The van der Waals surface area contributed by atoms with E-state index >= 15 is 0 Å². The van der Waals surface area contributed by atoms with Gasteiger partial charge in [0, 0.05) is 6.54 Å². The van der Waals surface area contributed by atoms with E-state index in [1.807, 2.05) is 18.2 Å². The monoisotopic (exact) mass is 251 g/mol. The topological polar surface area (TPSA) is 20.3 Å². The van der Waals surface area contributed by atoms with Crippen molar-refractivity contribution in [3.05, 3.63) is 35.9 Å². The van der Waals surface area contributed by atoms with Crippen LogP contribution < -0.4 is 0 Å². The predicted octanol–water partition coefficient (Wildman–Crippen LogP) is 2.48. The average molecular weight is 251 g/mol. The Labute approximate surface area is 105 Å². The zero-order valence-electron chi connectivity index (χ0n) is 8.89. The molecule has 1 heterocycles. The number of hydrogen-bond acceptors (Lipinski definition) is 3. The number of thiocarbonyl (C=S) groups is 1. The zero-order valence-corrected chi connectivity index (χ0v) is 10.5. The molecule has 0 saturated carbocycles. The maximum Gasteiger partial charge on any atom is 0.238 e. The largest absolute Gasteiger partial charge is 0.297 e. The van der Waals surface area contributed by atoms with E-state index in [1.54, 1.807) is 4.90 Å². The van der Waals surface area contributed by atoms with Gasteiger partial charge in [-0.1, -0.05) is 54.3 Å². The third kappa shape index (κ3) is 2.83. The molecule has 1 fully saturated rings. The molecule has 2 rings (SSSR count). The van der Waals surface area contributed by atoms with Gasteiger partial charge >= 0.3 is 0 Å². The van der Waals surface area contributed by atoms with Crippen molar-refractivity contribution in [3.63, 3.8) is 0 Å². The van der Waals surface area contributed by atoms with E-state index in [9.17, 15) is 4.79 Å². The lowest BCUT2D eigenvalue weighted by Crippen LogP contribution is -2.29. The molecule has 4 heteroatoms. The molecule has 0 unspecified atom stereocenters. The van der Waals surface area contributed by atoms with E-state index in [-0.39, 0.29) is 5.91 Å². The molecular weight excluding hydrogens is 238 g/mol. The first-order valence-electron chi connectivity index (χ1n) is 5.28. The Kier molecular flexibility index (Phi) is 3.96. The van der Waals surface area contributed by atoms with Crippen molar-refractivity contribution in [1.82, 2.24) is 4.90 Å². The summed E-state index contributed by atoms with van der Waals surface area (Å²) in [6.07, 6.45) is 1.97. The van der Waals surface area contributed by atoms with E-state index in [1.165, 1.54) is 17.3 Å². The molecule has 1 aliphatic rings. The summed E-state index contributed by atoms with van der Waals surface area (Å²) < 4.78 is 0.734. The highest BCUT2D eigenvalue weighted by molar-refractivity contribution is 8.23. The van der Waals surface area contributed by atoms with Gasteiger partial charge < -0.3 is 0 Å². The van der Waals surface area contributed by atoms with Crippen LogP contribution in [0.15, 0.2) is 30.3 Å². The van der Waals surface area contributed by atoms with Gasteiger partial charge in [0.25, 0.3) is 0 Å². The van der Waals surface area contributed by atoms with Gasteiger partial charge in [0.2, 0.25) is 5.91 Å². The molecule has 0 aliphatic carbocycles. The van der Waals surface area contributed by atoms with Crippen LogP contribution in [0.2, 0.25) is 0 Å². The van der Waals surface area contributed by atoms with Crippen molar-refractivity contribution < 1.29 is 4.79 Å². The van der Waals surface area contributed by atoms with Crippen LogP contribution in [-0.4, -0.2) is 27.4 Å². The minimum Gasteiger partial charge on any atom is -0.297 e. The molecule has 0 bridgehead atoms. The normalized spacial score (nSPS) is 15.9. The number of hydrogen-bond donors (Lipinski definition) is 0. The quantitative estimate of drug-likeness (QED) is 0.767. The smallest absolute Gasteiger partial charge is 0.238 e. The minimum absolute atomic E-state index is 0.156. The van der Waals surface area contributed by atoms with Crippen molar-refractivity contribution in [2.75, 3.05) is 12.3 Å². The first-order chi connectivity index (χ1) is 7.77. The van der Waals surface area contributed by atoms with Crippen molar-refractivity contribution in [2.45, 2.75) is 12.8 Å². The van der Waals surface area contributed by atoms with Crippen LogP contribution in [0.25, 0.3) is 0 Å². The van der Waals surface area contributed by atoms with Crippen LogP contribution in [0.5, 0.6) is 0 Å². The van der Waals surface area contributed by atoms with Gasteiger partial charge in [-0.15, -0.1) is 0 Å². The fourth-order valence-corrected chi connectivity index (χ4v) is 2.80. The number of nitrogens with zero attached hydrogens (tertiary/aromatic N) is 1. The Morgan fingerprint density at radius 1 is 1.31 bits per heavy atom. The fourth-order valence-electron chi connectivity index (χ4n) is 1.68. The van der Waals surface area contributed by atoms with E-state index in [0.717, 1.165) is 23.7 Å². The first kappa shape index (κ1) is 11.6. The lowest BCUT2D eigenvalue weighted by atomic mass is 10.1. The van der Waals surface area contributed by atoms with E-state index in [2.05, 4.69) is 12.1 Å². The summed E-state index contributed by atoms with van der Waals surface area (Å²) in [7, 11) is 0. The third-order valence-electron chi connectivity index (χ3n) is 2.53. The summed E-state index contributed by atoms with van der Waals surface area (Å²) in [5, 5.41) is 0. The minimum atomic E-state index is 0.156. The number of amides is 1. The second-order valence-corrected chi connectivity index (χ2v) is 5.30. The van der Waals surface area contributed by atoms with Crippen molar-refractivity contribution in [2.24, 2.45) is 0 Å². The molecule has 1 aromatic rings. The SMILES string of the molecule is O=C1CSC(=S)N1CCCc1ccccc1. The Bertz CT molecular complexity index is 375. The molecular formula is C12H13NOS2. The molecule has 0 N–H and O–H groups in total. The highest BCUT2D eigenvalue weighted by Crippen LogP contribution is 2.19. The summed E-state index contributed by atoms with van der Waals surface area (Å²) in [5.74, 6) is 0.674. The van der Waals surface area contributed by atoms with Crippen LogP contribution in [0.3, 0.4) is 0 Å². The van der Waals surface area contributed by atoms with Gasteiger partial charge in [-0.05, 0) is 18.4 Å². The molecule has 16 heavy (non-hydrogen) atoms. The number of thioether (sulfide) groups is 1. The van der Waals surface area contributed by atoms with Crippen LogP contribution in [0, 0.1) is 0 Å². The number of aryl methyl sites for hydroxylation is 1. The Balaban J connectivity index is 1.80. The van der Waals surface area contributed by atoms with Gasteiger partial charge in [0.15, 0.2) is 0 Å². The standard InChI is InChI=1S/C12H13NOS2/c14-11-9-16-12(15)13(11)8-4-7-10-5-2-1-3-6-10/h1-3,5-6H,4,7-9H2. The molecule has 1 amide bonds. The lowest BCUT2D eigenvalue weighted by molar-refractivity contribution is -0.124. The van der Waals surface area contributed by atoms with Gasteiger partial charge in [0.1, 0.15) is 4.32 Å². The second kappa shape index (κ2) is 5.46. The summed E-state index contributed by atoms with van der Waals surface area (Å²) >= 11 is 6.58. The molecule has 2 nitrogen and oxygen atoms in total. The van der Waals surface area contributed by atoms with Crippen molar-refractivity contribution in [3.8, 4) is 0 Å². The van der Waals surface area contributed by atoms with Gasteiger partial charge in [-0.2, -0.15) is 0 Å². The molecule has 1 aliphatic heterocycles. The average Bonchev–Trinajstić information content (AvgIpc) is 2.62. The molecule has 0 spiro atoms. The summed E-state index contributed by atoms with van der Waals surface area (Å²) in [6, 6.07) is 10.3. The molecule has 0 atom stereocenters. The summed E-state index contributed by atoms with van der Waals surface area (Å²) in [4.78, 5) is 13.2. The van der Waals surface area contributed by atoms with E-state index in [0.29, 0.717) is 5.75 Å². The Morgan fingerprint density at radius 3 is 2.69 bits per heavy atom. The van der Waals surface area contributed by atoms with Crippen molar-refractivity contribution >= 4 is 34.2 Å². The summed E-state index contributed by atoms with van der Waals surface area (Å²) in [5.41, 5.74) is 1.31. The number of rotatable bonds is 4. The highest BCUT2D eigenvalue weighted by atomic mass is 32.2. The zero-order chi connectivity index (χ0) is 11.4. The van der Waals surface area contributed by atoms with Crippen LogP contribution >= 0.6 is 24.0 Å². The van der Waals surface area contributed by atoms with Crippen LogP contribution in [0.4, 0.5) is 0 Å². The van der Waals surface area contributed by atoms with Gasteiger partial charge in [-0.25, -0.2) is 0 Å². The lowest BCUT2D eigenvalue weighted by Gasteiger charge is -2.14. The van der Waals surface area contributed by atoms with Crippen molar-refractivity contribution in [1.29, 1.82) is 0 Å². The Hall–Kier alpha value is -0.870. The maximum atomic E-state index is 11.4. The maximum absolute atomic E-state index is 11.4. The third-order valence-corrected chi connectivity index (χ3v) is 3.96. The predicted molar refractivity (Wildman–Crippen MR) is 71.5 cm³/mol. The van der Waals surface area contributed by atoms with Crippen LogP contribution in [0.1, 0.15) is 12.0 Å². The molecule has 84 valence electrons. The van der Waals surface area contributed by atoms with Gasteiger partial charge in [0.05, 0.1) is 5.75 Å². The molecule has 0 radical (unpaired) electrons. The number of carbonyl (C=O) groups is 1. The number of benzene rings is 1. The summed E-state index contributed by atoms with van der Waals surface area (Å²) in [6.45, 7) is 0.750. The highest BCUT2D eigenvalue weighted by Gasteiger charge is 2.25. The number of carbonyl (C=O) groups excluding carboxylic acids is 1. The van der Waals surface area contributed by atoms with Crippen LogP contribution in [-0.2, 0) is 11.2 Å².